The molecule has 1 aromatic carbocycles. The normalized spacial score (nSPS) is 24.9. The molecule has 0 bridgehead atoms. The van der Waals surface area contributed by atoms with Gasteiger partial charge < -0.3 is 14.7 Å². The Kier molecular flexibility index (Phi) is 4.87. The van der Waals surface area contributed by atoms with Crippen LogP contribution in [0.4, 0.5) is 0 Å². The summed E-state index contributed by atoms with van der Waals surface area (Å²) in [7, 11) is 0. The fraction of sp³-hybridized carbons (Fsp3) is 0.556. The molecule has 2 fully saturated rings. The molecule has 3 rings (SSSR count). The lowest BCUT2D eigenvalue weighted by Gasteiger charge is -2.52. The summed E-state index contributed by atoms with van der Waals surface area (Å²) in [5.74, 6) is -0.401. The maximum absolute atomic E-state index is 12.9. The second kappa shape index (κ2) is 6.91. The van der Waals surface area contributed by atoms with Crippen molar-refractivity contribution < 1.29 is 19.4 Å². The van der Waals surface area contributed by atoms with E-state index in [2.05, 4.69) is 0 Å². The molecule has 6 nitrogen and oxygen atoms in total. The SMILES string of the molecule is CCOC(=O)C(CO)N1CCCC12CN(Cc1ccccc1)C2=O. The highest BCUT2D eigenvalue weighted by Gasteiger charge is 2.60. The summed E-state index contributed by atoms with van der Waals surface area (Å²) in [5.41, 5.74) is 0.448. The number of esters is 1. The van der Waals surface area contributed by atoms with Gasteiger partial charge in [0.15, 0.2) is 0 Å². The van der Waals surface area contributed by atoms with Crippen molar-refractivity contribution in [2.75, 3.05) is 26.3 Å². The Hall–Kier alpha value is -1.92. The van der Waals surface area contributed by atoms with Crippen LogP contribution in [-0.2, 0) is 20.9 Å². The van der Waals surface area contributed by atoms with E-state index < -0.39 is 17.6 Å². The number of carbonyl (C=O) groups is 2. The molecule has 1 amide bonds. The van der Waals surface area contributed by atoms with E-state index >= 15 is 0 Å². The molecule has 24 heavy (non-hydrogen) atoms. The van der Waals surface area contributed by atoms with Crippen molar-refractivity contribution in [3.8, 4) is 0 Å². The van der Waals surface area contributed by atoms with Gasteiger partial charge in [-0.2, -0.15) is 0 Å². The average Bonchev–Trinajstić information content (AvgIpc) is 3.03. The summed E-state index contributed by atoms with van der Waals surface area (Å²) in [6.07, 6.45) is 1.58. The second-order valence-electron chi connectivity index (χ2n) is 6.43. The third-order valence-electron chi connectivity index (χ3n) is 5.00. The van der Waals surface area contributed by atoms with Crippen LogP contribution in [0.2, 0.25) is 0 Å². The summed E-state index contributed by atoms with van der Waals surface area (Å²) in [6.45, 7) is 3.49. The zero-order valence-corrected chi connectivity index (χ0v) is 14.0. The van der Waals surface area contributed by atoms with Gasteiger partial charge in [-0.3, -0.25) is 14.5 Å². The Labute approximate surface area is 142 Å². The Morgan fingerprint density at radius 1 is 1.38 bits per heavy atom. The first-order valence-corrected chi connectivity index (χ1v) is 8.50. The Morgan fingerprint density at radius 3 is 2.75 bits per heavy atom. The summed E-state index contributed by atoms with van der Waals surface area (Å²) in [5, 5.41) is 9.66. The predicted molar refractivity (Wildman–Crippen MR) is 88.0 cm³/mol. The fourth-order valence-corrected chi connectivity index (χ4v) is 3.88. The van der Waals surface area contributed by atoms with Crippen LogP contribution < -0.4 is 0 Å². The monoisotopic (exact) mass is 332 g/mol. The highest BCUT2D eigenvalue weighted by Crippen LogP contribution is 2.41. The van der Waals surface area contributed by atoms with E-state index in [0.29, 0.717) is 19.6 Å². The number of amides is 1. The number of ether oxygens (including phenoxy) is 1. The first kappa shape index (κ1) is 16.9. The van der Waals surface area contributed by atoms with E-state index in [1.807, 2.05) is 40.1 Å². The van der Waals surface area contributed by atoms with Crippen LogP contribution in [0, 0.1) is 0 Å². The number of carbonyl (C=O) groups excluding carboxylic acids is 2. The van der Waals surface area contributed by atoms with Gasteiger partial charge in [-0.25, -0.2) is 0 Å². The van der Waals surface area contributed by atoms with E-state index in [1.165, 1.54) is 0 Å². The maximum atomic E-state index is 12.9. The number of nitrogens with zero attached hydrogens (tertiary/aromatic N) is 2. The van der Waals surface area contributed by atoms with Crippen LogP contribution in [-0.4, -0.2) is 64.7 Å². The van der Waals surface area contributed by atoms with Gasteiger partial charge in [0.2, 0.25) is 5.91 Å². The quantitative estimate of drug-likeness (QED) is 0.616. The molecular formula is C18H24N2O4. The number of β-lactam (4-membered cyclic amide) rings is 1. The predicted octanol–water partition coefficient (Wildman–Crippen LogP) is 0.787. The largest absolute Gasteiger partial charge is 0.465 e. The molecule has 0 aliphatic carbocycles. The van der Waals surface area contributed by atoms with E-state index in [4.69, 9.17) is 4.74 Å². The topological polar surface area (TPSA) is 70.1 Å². The molecule has 130 valence electrons. The lowest BCUT2D eigenvalue weighted by Crippen LogP contribution is -2.74. The van der Waals surface area contributed by atoms with Crippen molar-refractivity contribution in [3.63, 3.8) is 0 Å². The van der Waals surface area contributed by atoms with E-state index in [9.17, 15) is 14.7 Å². The lowest BCUT2D eigenvalue weighted by molar-refractivity contribution is -0.171. The number of likely N-dealkylation sites (tertiary alicyclic amines) is 2. The molecule has 2 saturated heterocycles. The van der Waals surface area contributed by atoms with Gasteiger partial charge in [-0.15, -0.1) is 0 Å². The molecular weight excluding hydrogens is 308 g/mol. The molecule has 2 aliphatic heterocycles. The first-order valence-electron chi connectivity index (χ1n) is 8.50. The standard InChI is InChI=1S/C18H24N2O4/c1-2-24-16(22)15(12-21)20-10-6-9-18(20)13-19(17(18)23)11-14-7-4-3-5-8-14/h3-5,7-8,15,21H,2,6,9-13H2,1H3. The van der Waals surface area contributed by atoms with E-state index in [-0.39, 0.29) is 19.1 Å². The van der Waals surface area contributed by atoms with Crippen LogP contribution >= 0.6 is 0 Å². The molecule has 0 radical (unpaired) electrons. The van der Waals surface area contributed by atoms with Crippen molar-refractivity contribution >= 4 is 11.9 Å². The molecule has 2 unspecified atom stereocenters. The van der Waals surface area contributed by atoms with Crippen LogP contribution in [0.15, 0.2) is 30.3 Å². The minimum absolute atomic E-state index is 0.0478. The van der Waals surface area contributed by atoms with Crippen molar-refractivity contribution in [1.29, 1.82) is 0 Å². The average molecular weight is 332 g/mol. The fourth-order valence-electron chi connectivity index (χ4n) is 3.88. The van der Waals surface area contributed by atoms with Gasteiger partial charge >= 0.3 is 5.97 Å². The molecule has 0 aromatic heterocycles. The van der Waals surface area contributed by atoms with Gasteiger partial charge in [0, 0.05) is 19.6 Å². The number of hydrogen-bond acceptors (Lipinski definition) is 5. The molecule has 6 heteroatoms. The number of benzene rings is 1. The minimum atomic E-state index is -0.754. The van der Waals surface area contributed by atoms with E-state index in [1.54, 1.807) is 6.92 Å². The summed E-state index contributed by atoms with van der Waals surface area (Å²) < 4.78 is 5.06. The molecule has 0 saturated carbocycles. The van der Waals surface area contributed by atoms with Gasteiger partial charge in [0.05, 0.1) is 13.2 Å². The maximum Gasteiger partial charge on any atom is 0.325 e. The van der Waals surface area contributed by atoms with Gasteiger partial charge in [0.25, 0.3) is 0 Å². The molecule has 2 heterocycles. The lowest BCUT2D eigenvalue weighted by atomic mass is 9.84. The smallest absolute Gasteiger partial charge is 0.325 e. The molecule has 1 aromatic rings. The number of rotatable bonds is 6. The summed E-state index contributed by atoms with van der Waals surface area (Å²) >= 11 is 0. The Morgan fingerprint density at radius 2 is 2.12 bits per heavy atom. The van der Waals surface area contributed by atoms with Gasteiger partial charge in [-0.1, -0.05) is 30.3 Å². The molecule has 1 N–H and O–H groups in total. The number of aliphatic hydroxyl groups is 1. The first-order chi connectivity index (χ1) is 11.6. The van der Waals surface area contributed by atoms with Crippen LogP contribution in [0.1, 0.15) is 25.3 Å². The number of hydrogen-bond donors (Lipinski definition) is 1. The van der Waals surface area contributed by atoms with Gasteiger partial charge in [-0.05, 0) is 25.3 Å². The van der Waals surface area contributed by atoms with Crippen molar-refractivity contribution in [2.45, 2.75) is 37.9 Å². The second-order valence-corrected chi connectivity index (χ2v) is 6.43. The van der Waals surface area contributed by atoms with Crippen molar-refractivity contribution in [3.05, 3.63) is 35.9 Å². The minimum Gasteiger partial charge on any atom is -0.465 e. The highest BCUT2D eigenvalue weighted by molar-refractivity contribution is 5.94. The summed E-state index contributed by atoms with van der Waals surface area (Å²) in [6, 6.07) is 9.11. The Bertz CT molecular complexity index is 606. The number of aliphatic hydroxyl groups excluding tert-OH is 1. The molecule has 2 atom stereocenters. The Balaban J connectivity index is 1.71. The van der Waals surface area contributed by atoms with Crippen molar-refractivity contribution in [1.82, 2.24) is 9.80 Å². The van der Waals surface area contributed by atoms with Crippen molar-refractivity contribution in [2.24, 2.45) is 0 Å². The van der Waals surface area contributed by atoms with Crippen LogP contribution in [0.5, 0.6) is 0 Å². The van der Waals surface area contributed by atoms with Crippen LogP contribution in [0.3, 0.4) is 0 Å². The highest BCUT2D eigenvalue weighted by atomic mass is 16.5. The summed E-state index contributed by atoms with van der Waals surface area (Å²) in [4.78, 5) is 28.6. The zero-order chi connectivity index (χ0) is 17.2. The molecule has 1 spiro atoms. The third kappa shape index (κ3) is 2.80. The van der Waals surface area contributed by atoms with E-state index in [0.717, 1.165) is 18.4 Å². The zero-order valence-electron chi connectivity index (χ0n) is 14.0. The molecule has 2 aliphatic rings. The van der Waals surface area contributed by atoms with Crippen LogP contribution in [0.25, 0.3) is 0 Å². The van der Waals surface area contributed by atoms with Gasteiger partial charge in [0.1, 0.15) is 11.6 Å². The third-order valence-corrected chi connectivity index (χ3v) is 5.00.